The molecule has 0 bridgehead atoms. The molecule has 0 N–H and O–H groups in total. The van der Waals surface area contributed by atoms with E-state index in [0.717, 1.165) is 24.2 Å². The van der Waals surface area contributed by atoms with Crippen molar-refractivity contribution in [2.24, 2.45) is 0 Å². The molecule has 114 valence electrons. The topological polar surface area (TPSA) is 18.1 Å². The SMILES string of the molecule is CC(C)n1c2ccccc2c2cc3c4c(oc3cc21)CCC=C4. The summed E-state index contributed by atoms with van der Waals surface area (Å²) in [5, 5.41) is 3.90. The fourth-order valence-corrected chi connectivity index (χ4v) is 4.00. The summed E-state index contributed by atoms with van der Waals surface area (Å²) < 4.78 is 8.58. The molecule has 0 atom stereocenters. The zero-order chi connectivity index (χ0) is 15.6. The Morgan fingerprint density at radius 2 is 1.87 bits per heavy atom. The van der Waals surface area contributed by atoms with E-state index in [0.29, 0.717) is 6.04 Å². The molecule has 0 saturated heterocycles. The van der Waals surface area contributed by atoms with Gasteiger partial charge >= 0.3 is 0 Å². The van der Waals surface area contributed by atoms with Crippen molar-refractivity contribution >= 4 is 38.9 Å². The Morgan fingerprint density at radius 1 is 1.00 bits per heavy atom. The maximum atomic E-state index is 6.16. The predicted octanol–water partition coefficient (Wildman–Crippen LogP) is 6.08. The quantitative estimate of drug-likeness (QED) is 0.416. The van der Waals surface area contributed by atoms with Crippen LogP contribution in [0.2, 0.25) is 0 Å². The highest BCUT2D eigenvalue weighted by Crippen LogP contribution is 2.38. The first-order valence-corrected chi connectivity index (χ1v) is 8.38. The number of rotatable bonds is 1. The monoisotopic (exact) mass is 301 g/mol. The van der Waals surface area contributed by atoms with Crippen LogP contribution in [0.1, 0.15) is 37.6 Å². The Labute approximate surface area is 135 Å². The number of aryl methyl sites for hydroxylation is 1. The molecule has 2 heteroatoms. The Kier molecular flexibility index (Phi) is 2.55. The highest BCUT2D eigenvalue weighted by molar-refractivity contribution is 6.13. The van der Waals surface area contributed by atoms with Crippen molar-refractivity contribution in [3.8, 4) is 0 Å². The van der Waals surface area contributed by atoms with Crippen LogP contribution in [0, 0.1) is 0 Å². The van der Waals surface area contributed by atoms with E-state index in [1.807, 2.05) is 0 Å². The lowest BCUT2D eigenvalue weighted by molar-refractivity contribution is 0.546. The van der Waals surface area contributed by atoms with Gasteiger partial charge < -0.3 is 8.98 Å². The molecule has 0 unspecified atom stereocenters. The molecule has 2 aromatic heterocycles. The molecule has 0 spiro atoms. The second-order valence-electron chi connectivity index (χ2n) is 6.73. The summed E-state index contributed by atoms with van der Waals surface area (Å²) in [5.41, 5.74) is 4.85. The fourth-order valence-electron chi connectivity index (χ4n) is 4.00. The van der Waals surface area contributed by atoms with Gasteiger partial charge in [-0.15, -0.1) is 0 Å². The molecule has 0 saturated carbocycles. The van der Waals surface area contributed by atoms with Crippen LogP contribution >= 0.6 is 0 Å². The molecule has 0 amide bonds. The summed E-state index contributed by atoms with van der Waals surface area (Å²) in [5.74, 6) is 1.13. The number of fused-ring (bicyclic) bond motifs is 6. The van der Waals surface area contributed by atoms with Gasteiger partial charge in [0.1, 0.15) is 11.3 Å². The standard InChI is InChI=1S/C21H19NO/c1-13(2)22-18-9-5-3-7-14(18)16-11-17-15-8-4-6-10-20(15)23-21(17)12-19(16)22/h3-5,7-9,11-13H,6,10H2,1-2H3. The lowest BCUT2D eigenvalue weighted by Crippen LogP contribution is -1.99. The molecule has 0 aliphatic heterocycles. The molecule has 2 aromatic carbocycles. The summed E-state index contributed by atoms with van der Waals surface area (Å²) >= 11 is 0. The average Bonchev–Trinajstić information content (AvgIpc) is 3.07. The van der Waals surface area contributed by atoms with E-state index in [-0.39, 0.29) is 0 Å². The van der Waals surface area contributed by atoms with E-state index in [1.165, 1.54) is 32.8 Å². The van der Waals surface area contributed by atoms with Crippen LogP contribution < -0.4 is 0 Å². The molecular weight excluding hydrogens is 282 g/mol. The molecular formula is C21H19NO. The Hall–Kier alpha value is -2.48. The second-order valence-corrected chi connectivity index (χ2v) is 6.73. The molecule has 4 aromatic rings. The van der Waals surface area contributed by atoms with Crippen molar-refractivity contribution < 1.29 is 4.42 Å². The number of hydrogen-bond donors (Lipinski definition) is 0. The molecule has 23 heavy (non-hydrogen) atoms. The summed E-state index contributed by atoms with van der Waals surface area (Å²) in [6.45, 7) is 4.48. The van der Waals surface area contributed by atoms with Crippen LogP contribution in [0.3, 0.4) is 0 Å². The first-order chi connectivity index (χ1) is 11.2. The van der Waals surface area contributed by atoms with Crippen molar-refractivity contribution in [3.05, 3.63) is 53.8 Å². The van der Waals surface area contributed by atoms with Crippen molar-refractivity contribution in [1.29, 1.82) is 0 Å². The number of nitrogens with zero attached hydrogens (tertiary/aromatic N) is 1. The summed E-state index contributed by atoms with van der Waals surface area (Å²) in [7, 11) is 0. The first-order valence-electron chi connectivity index (χ1n) is 8.38. The Balaban J connectivity index is 1.98. The van der Waals surface area contributed by atoms with Crippen LogP contribution in [0.25, 0.3) is 38.9 Å². The van der Waals surface area contributed by atoms with Crippen molar-refractivity contribution in [2.45, 2.75) is 32.7 Å². The minimum absolute atomic E-state index is 0.416. The maximum Gasteiger partial charge on any atom is 0.137 e. The lowest BCUT2D eigenvalue weighted by Gasteiger charge is -2.11. The molecule has 0 radical (unpaired) electrons. The highest BCUT2D eigenvalue weighted by Gasteiger charge is 2.19. The fraction of sp³-hybridized carbons (Fsp3) is 0.238. The van der Waals surface area contributed by atoms with Crippen LogP contribution in [-0.2, 0) is 6.42 Å². The zero-order valence-corrected chi connectivity index (χ0v) is 13.5. The number of benzene rings is 2. The number of furan rings is 1. The van der Waals surface area contributed by atoms with Gasteiger partial charge in [-0.1, -0.05) is 30.4 Å². The van der Waals surface area contributed by atoms with Gasteiger partial charge in [-0.05, 0) is 32.4 Å². The minimum Gasteiger partial charge on any atom is -0.460 e. The molecule has 1 aliphatic rings. The van der Waals surface area contributed by atoms with Crippen molar-refractivity contribution in [3.63, 3.8) is 0 Å². The largest absolute Gasteiger partial charge is 0.460 e. The van der Waals surface area contributed by atoms with Gasteiger partial charge in [-0.3, -0.25) is 0 Å². The molecule has 0 fully saturated rings. The van der Waals surface area contributed by atoms with E-state index in [2.05, 4.69) is 67.0 Å². The van der Waals surface area contributed by atoms with Gasteiger partial charge in [0, 0.05) is 45.8 Å². The number of para-hydroxylation sites is 1. The maximum absolute atomic E-state index is 6.16. The molecule has 2 nitrogen and oxygen atoms in total. The van der Waals surface area contributed by atoms with E-state index in [1.54, 1.807) is 0 Å². The van der Waals surface area contributed by atoms with Crippen LogP contribution in [-0.4, -0.2) is 4.57 Å². The zero-order valence-electron chi connectivity index (χ0n) is 13.5. The first kappa shape index (κ1) is 13.0. The van der Waals surface area contributed by atoms with E-state index in [9.17, 15) is 0 Å². The lowest BCUT2D eigenvalue weighted by atomic mass is 10.0. The minimum atomic E-state index is 0.416. The smallest absolute Gasteiger partial charge is 0.137 e. The van der Waals surface area contributed by atoms with Crippen LogP contribution in [0.15, 0.2) is 46.9 Å². The van der Waals surface area contributed by atoms with Gasteiger partial charge in [-0.25, -0.2) is 0 Å². The number of aromatic nitrogens is 1. The summed E-state index contributed by atoms with van der Waals surface area (Å²) in [6.07, 6.45) is 6.56. The van der Waals surface area contributed by atoms with Gasteiger partial charge in [-0.2, -0.15) is 0 Å². The number of allylic oxidation sites excluding steroid dienone is 1. The normalized spacial score (nSPS) is 14.4. The third-order valence-corrected chi connectivity index (χ3v) is 4.97. The Morgan fingerprint density at radius 3 is 2.74 bits per heavy atom. The van der Waals surface area contributed by atoms with Gasteiger partial charge in [0.05, 0.1) is 5.52 Å². The van der Waals surface area contributed by atoms with E-state index in [4.69, 9.17) is 4.42 Å². The third kappa shape index (κ3) is 1.69. The third-order valence-electron chi connectivity index (χ3n) is 4.97. The van der Waals surface area contributed by atoms with Gasteiger partial charge in [0.15, 0.2) is 0 Å². The Bertz CT molecular complexity index is 1090. The van der Waals surface area contributed by atoms with Gasteiger partial charge in [0.2, 0.25) is 0 Å². The van der Waals surface area contributed by atoms with Gasteiger partial charge in [0.25, 0.3) is 0 Å². The van der Waals surface area contributed by atoms with E-state index >= 15 is 0 Å². The van der Waals surface area contributed by atoms with E-state index < -0.39 is 0 Å². The average molecular weight is 301 g/mol. The summed E-state index contributed by atoms with van der Waals surface area (Å²) in [6, 6.07) is 13.7. The van der Waals surface area contributed by atoms with Crippen LogP contribution in [0.4, 0.5) is 0 Å². The highest BCUT2D eigenvalue weighted by atomic mass is 16.3. The van der Waals surface area contributed by atoms with Crippen LogP contribution in [0.5, 0.6) is 0 Å². The molecule has 5 rings (SSSR count). The molecule has 2 heterocycles. The van der Waals surface area contributed by atoms with Crippen molar-refractivity contribution in [2.75, 3.05) is 0 Å². The molecule has 1 aliphatic carbocycles. The predicted molar refractivity (Wildman–Crippen MR) is 97.0 cm³/mol. The second kappa shape index (κ2) is 4.51. The van der Waals surface area contributed by atoms with Crippen molar-refractivity contribution in [1.82, 2.24) is 4.57 Å². The summed E-state index contributed by atoms with van der Waals surface area (Å²) in [4.78, 5) is 0. The number of hydrogen-bond acceptors (Lipinski definition) is 1.